The third-order valence-corrected chi connectivity index (χ3v) is 1.55. The summed E-state index contributed by atoms with van der Waals surface area (Å²) < 4.78 is 0. The monoisotopic (exact) mass is 181 g/mol. The second-order valence-electron chi connectivity index (χ2n) is 2.55. The highest BCUT2D eigenvalue weighted by Crippen LogP contribution is 2.11. The lowest BCUT2D eigenvalue weighted by atomic mass is 10.1. The summed E-state index contributed by atoms with van der Waals surface area (Å²) in [6.07, 6.45) is 0.162. The van der Waals surface area contributed by atoms with Gasteiger partial charge in [-0.3, -0.25) is 0 Å². The van der Waals surface area contributed by atoms with Crippen molar-refractivity contribution in [2.45, 2.75) is 6.42 Å². The van der Waals surface area contributed by atoms with Crippen LogP contribution in [0, 0.1) is 34.5 Å². The number of nitrogen functional groups attached to an aromatic ring is 1. The van der Waals surface area contributed by atoms with Gasteiger partial charge in [0, 0.05) is 11.3 Å². The van der Waals surface area contributed by atoms with E-state index in [2.05, 4.69) is 11.8 Å². The number of hydrogen-bond donors (Lipinski definition) is 1. The molecule has 1 aromatic rings. The number of nitriles is 2. The molecule has 0 amide bonds. The highest BCUT2D eigenvalue weighted by atomic mass is 14.5. The van der Waals surface area contributed by atoms with E-state index in [1.54, 1.807) is 18.2 Å². The predicted molar refractivity (Wildman–Crippen MR) is 52.7 cm³/mol. The molecule has 0 fully saturated rings. The van der Waals surface area contributed by atoms with E-state index in [0.29, 0.717) is 16.8 Å². The first kappa shape index (κ1) is 9.65. The Hall–Kier alpha value is -2.44. The summed E-state index contributed by atoms with van der Waals surface area (Å²) >= 11 is 0. The summed E-state index contributed by atoms with van der Waals surface area (Å²) in [4.78, 5) is 0. The maximum absolute atomic E-state index is 8.76. The van der Waals surface area contributed by atoms with Gasteiger partial charge in [-0.25, -0.2) is 0 Å². The van der Waals surface area contributed by atoms with E-state index in [1.165, 1.54) is 0 Å². The average molecular weight is 181 g/mol. The lowest BCUT2D eigenvalue weighted by Gasteiger charge is -1.96. The zero-order valence-corrected chi connectivity index (χ0v) is 7.41. The van der Waals surface area contributed by atoms with Crippen molar-refractivity contribution in [2.24, 2.45) is 0 Å². The van der Waals surface area contributed by atoms with E-state index in [9.17, 15) is 0 Å². The Labute approximate surface area is 82.4 Å². The van der Waals surface area contributed by atoms with Gasteiger partial charge in [0.25, 0.3) is 0 Å². The Bertz CT molecular complexity index is 478. The maximum Gasteiger partial charge on any atom is 0.101 e. The summed E-state index contributed by atoms with van der Waals surface area (Å²) in [7, 11) is 0. The number of benzene rings is 1. The average Bonchev–Trinajstić information content (AvgIpc) is 2.20. The first-order valence-corrected chi connectivity index (χ1v) is 3.93. The Morgan fingerprint density at radius 3 is 2.64 bits per heavy atom. The van der Waals surface area contributed by atoms with Crippen LogP contribution < -0.4 is 5.73 Å². The molecular formula is C11H7N3. The highest BCUT2D eigenvalue weighted by molar-refractivity contribution is 5.55. The van der Waals surface area contributed by atoms with Gasteiger partial charge in [-0.1, -0.05) is 11.8 Å². The molecular weight excluding hydrogens is 174 g/mol. The second kappa shape index (κ2) is 4.55. The number of nitrogens with zero attached hydrogens (tertiary/aromatic N) is 2. The molecule has 0 spiro atoms. The summed E-state index contributed by atoms with van der Waals surface area (Å²) in [5.74, 6) is 5.38. The minimum Gasteiger partial charge on any atom is -0.399 e. The Balaban J connectivity index is 3.07. The van der Waals surface area contributed by atoms with Crippen molar-refractivity contribution in [1.82, 2.24) is 0 Å². The third-order valence-electron chi connectivity index (χ3n) is 1.55. The van der Waals surface area contributed by atoms with Gasteiger partial charge in [-0.05, 0) is 18.2 Å². The Morgan fingerprint density at radius 1 is 1.21 bits per heavy atom. The van der Waals surface area contributed by atoms with Gasteiger partial charge in [0.2, 0.25) is 0 Å². The molecule has 0 aliphatic rings. The molecule has 0 unspecified atom stereocenters. The lowest BCUT2D eigenvalue weighted by Crippen LogP contribution is -1.89. The van der Waals surface area contributed by atoms with Crippen molar-refractivity contribution in [2.75, 3.05) is 5.73 Å². The summed E-state index contributed by atoms with van der Waals surface area (Å²) in [5, 5.41) is 17.0. The van der Waals surface area contributed by atoms with Crippen molar-refractivity contribution in [1.29, 1.82) is 10.5 Å². The zero-order chi connectivity index (χ0) is 10.4. The SMILES string of the molecule is N#CCC#Cc1ccc(N)cc1C#N. The fourth-order valence-electron chi connectivity index (χ4n) is 0.942. The molecule has 0 saturated heterocycles. The topological polar surface area (TPSA) is 73.6 Å². The van der Waals surface area contributed by atoms with Crippen molar-refractivity contribution < 1.29 is 0 Å². The van der Waals surface area contributed by atoms with Crippen molar-refractivity contribution >= 4 is 5.69 Å². The molecule has 2 N–H and O–H groups in total. The van der Waals surface area contributed by atoms with E-state index in [0.717, 1.165) is 0 Å². The zero-order valence-electron chi connectivity index (χ0n) is 7.41. The fourth-order valence-corrected chi connectivity index (χ4v) is 0.942. The van der Waals surface area contributed by atoms with E-state index in [-0.39, 0.29) is 6.42 Å². The molecule has 3 nitrogen and oxygen atoms in total. The first-order valence-electron chi connectivity index (χ1n) is 3.93. The Morgan fingerprint density at radius 2 is 2.00 bits per heavy atom. The molecule has 1 rings (SSSR count). The van der Waals surface area contributed by atoms with Crippen LogP contribution >= 0.6 is 0 Å². The number of nitrogens with two attached hydrogens (primary N) is 1. The van der Waals surface area contributed by atoms with E-state index >= 15 is 0 Å². The lowest BCUT2D eigenvalue weighted by molar-refractivity contribution is 1.39. The molecule has 0 aliphatic carbocycles. The first-order chi connectivity index (χ1) is 6.77. The Kier molecular flexibility index (Phi) is 3.14. The molecule has 0 aliphatic heterocycles. The minimum absolute atomic E-state index is 0.162. The van der Waals surface area contributed by atoms with Gasteiger partial charge in [-0.2, -0.15) is 10.5 Å². The van der Waals surface area contributed by atoms with Gasteiger partial charge in [0.15, 0.2) is 0 Å². The van der Waals surface area contributed by atoms with E-state index in [4.69, 9.17) is 16.3 Å². The van der Waals surface area contributed by atoms with Crippen molar-refractivity contribution in [3.63, 3.8) is 0 Å². The molecule has 0 atom stereocenters. The van der Waals surface area contributed by atoms with Crippen LogP contribution in [-0.2, 0) is 0 Å². The smallest absolute Gasteiger partial charge is 0.101 e. The predicted octanol–water partition coefficient (Wildman–Crippen LogP) is 1.41. The molecule has 3 heteroatoms. The summed E-state index contributed by atoms with van der Waals surface area (Å²) in [5.41, 5.74) is 7.09. The van der Waals surface area contributed by atoms with Crippen molar-refractivity contribution in [3.05, 3.63) is 29.3 Å². The number of anilines is 1. The largest absolute Gasteiger partial charge is 0.399 e. The molecule has 0 saturated carbocycles. The quantitative estimate of drug-likeness (QED) is 0.485. The van der Waals surface area contributed by atoms with Gasteiger partial charge in [0.05, 0.1) is 18.1 Å². The molecule has 0 bridgehead atoms. The third kappa shape index (κ3) is 2.27. The van der Waals surface area contributed by atoms with Crippen LogP contribution in [0.1, 0.15) is 17.5 Å². The number of hydrogen-bond acceptors (Lipinski definition) is 3. The van der Waals surface area contributed by atoms with Gasteiger partial charge < -0.3 is 5.73 Å². The standard InChI is InChI=1S/C11H7N3/c12-6-2-1-3-9-4-5-11(14)7-10(9)8-13/h4-5,7H,2,14H2. The number of rotatable bonds is 0. The van der Waals surface area contributed by atoms with Crippen LogP contribution in [-0.4, -0.2) is 0 Å². The minimum atomic E-state index is 0.162. The normalized spacial score (nSPS) is 7.86. The maximum atomic E-state index is 8.76. The molecule has 0 heterocycles. The van der Waals surface area contributed by atoms with Gasteiger partial charge in [-0.15, -0.1) is 0 Å². The van der Waals surface area contributed by atoms with Crippen LogP contribution in [0.2, 0.25) is 0 Å². The van der Waals surface area contributed by atoms with Crippen LogP contribution in [0.25, 0.3) is 0 Å². The summed E-state index contributed by atoms with van der Waals surface area (Å²) in [6, 6.07) is 8.83. The summed E-state index contributed by atoms with van der Waals surface area (Å²) in [6.45, 7) is 0. The highest BCUT2D eigenvalue weighted by Gasteiger charge is 1.98. The van der Waals surface area contributed by atoms with Crippen LogP contribution in [0.3, 0.4) is 0 Å². The van der Waals surface area contributed by atoms with Gasteiger partial charge in [0.1, 0.15) is 6.07 Å². The van der Waals surface area contributed by atoms with E-state index in [1.807, 2.05) is 12.1 Å². The molecule has 66 valence electrons. The molecule has 0 aromatic heterocycles. The molecule has 14 heavy (non-hydrogen) atoms. The van der Waals surface area contributed by atoms with E-state index < -0.39 is 0 Å². The van der Waals surface area contributed by atoms with Crippen molar-refractivity contribution in [3.8, 4) is 24.0 Å². The van der Waals surface area contributed by atoms with Crippen LogP contribution in [0.4, 0.5) is 5.69 Å². The van der Waals surface area contributed by atoms with Crippen LogP contribution in [0.5, 0.6) is 0 Å². The fraction of sp³-hybridized carbons (Fsp3) is 0.0909. The van der Waals surface area contributed by atoms with Crippen LogP contribution in [0.15, 0.2) is 18.2 Å². The molecule has 1 aromatic carbocycles. The second-order valence-corrected chi connectivity index (χ2v) is 2.55. The molecule has 0 radical (unpaired) electrons. The van der Waals surface area contributed by atoms with Gasteiger partial charge >= 0.3 is 0 Å².